The molecule has 0 saturated carbocycles. The molecule has 1 aromatic rings. The Morgan fingerprint density at radius 1 is 1.35 bits per heavy atom. The molecule has 0 radical (unpaired) electrons. The maximum absolute atomic E-state index is 12.0. The first-order valence-electron chi connectivity index (χ1n) is 7.95. The van der Waals surface area contributed by atoms with Crippen molar-refractivity contribution >= 4 is 12.0 Å². The second-order valence-corrected chi connectivity index (χ2v) is 5.86. The average Bonchev–Trinajstić information content (AvgIpc) is 2.58. The summed E-state index contributed by atoms with van der Waals surface area (Å²) in [5.41, 5.74) is 1.13. The average molecular weight is 320 g/mol. The first-order chi connectivity index (χ1) is 11.1. The fourth-order valence-corrected chi connectivity index (χ4v) is 2.78. The molecular formula is C17H24N2O4. The number of carboxylic acid groups (broad SMARTS) is 1. The molecule has 2 atom stereocenters. The number of carbonyl (C=O) groups excluding carboxylic acids is 1. The summed E-state index contributed by atoms with van der Waals surface area (Å²) in [6, 6.07) is 9.79. The minimum Gasteiger partial charge on any atom is -0.481 e. The van der Waals surface area contributed by atoms with Crippen molar-refractivity contribution < 1.29 is 19.4 Å². The molecule has 1 aliphatic rings. The Kier molecular flexibility index (Phi) is 6.40. The molecule has 1 fully saturated rings. The summed E-state index contributed by atoms with van der Waals surface area (Å²) in [5, 5.41) is 11.6. The van der Waals surface area contributed by atoms with E-state index in [1.165, 1.54) is 4.90 Å². The van der Waals surface area contributed by atoms with Crippen molar-refractivity contribution in [2.24, 2.45) is 5.92 Å². The molecule has 2 unspecified atom stereocenters. The molecule has 2 N–H and O–H groups in total. The third kappa shape index (κ3) is 5.25. The van der Waals surface area contributed by atoms with Crippen molar-refractivity contribution in [2.75, 3.05) is 26.7 Å². The Labute approximate surface area is 136 Å². The lowest BCUT2D eigenvalue weighted by molar-refractivity contribution is -0.137. The number of rotatable bonds is 6. The van der Waals surface area contributed by atoms with E-state index in [-0.39, 0.29) is 31.0 Å². The lowest BCUT2D eigenvalue weighted by atomic mass is 9.89. The van der Waals surface area contributed by atoms with Crippen molar-refractivity contribution in [3.8, 4) is 0 Å². The molecule has 2 amide bonds. The van der Waals surface area contributed by atoms with Gasteiger partial charge in [0.25, 0.3) is 0 Å². The molecule has 23 heavy (non-hydrogen) atoms. The Balaban J connectivity index is 1.87. The molecule has 6 heteroatoms. The van der Waals surface area contributed by atoms with Crippen LogP contribution in [-0.4, -0.2) is 48.8 Å². The molecular weight excluding hydrogens is 296 g/mol. The summed E-state index contributed by atoms with van der Waals surface area (Å²) in [6.07, 6.45) is 1.93. The zero-order valence-electron chi connectivity index (χ0n) is 13.4. The number of carbonyl (C=O) groups is 2. The molecule has 0 spiro atoms. The van der Waals surface area contributed by atoms with Gasteiger partial charge in [0.15, 0.2) is 0 Å². The number of amides is 2. The van der Waals surface area contributed by atoms with Crippen molar-refractivity contribution in [2.45, 2.75) is 25.4 Å². The van der Waals surface area contributed by atoms with Gasteiger partial charge in [-0.1, -0.05) is 30.3 Å². The second kappa shape index (κ2) is 8.53. The standard InChI is InChI=1S/C17H24N2O4/c1-19(10-9-15(20)21)17(22)18-12-14-8-5-11-23-16(14)13-6-3-2-4-7-13/h2-4,6-7,14,16H,5,8-12H2,1H3,(H,18,22)(H,20,21). The van der Waals surface area contributed by atoms with Gasteiger partial charge in [0.1, 0.15) is 0 Å². The first kappa shape index (κ1) is 17.3. The van der Waals surface area contributed by atoms with E-state index in [4.69, 9.17) is 9.84 Å². The van der Waals surface area contributed by atoms with Crippen LogP contribution < -0.4 is 5.32 Å². The van der Waals surface area contributed by atoms with Gasteiger partial charge in [0, 0.05) is 32.7 Å². The van der Waals surface area contributed by atoms with Crippen LogP contribution in [0.2, 0.25) is 0 Å². The fraction of sp³-hybridized carbons (Fsp3) is 0.529. The lowest BCUT2D eigenvalue weighted by Crippen LogP contribution is -2.42. The topological polar surface area (TPSA) is 78.9 Å². The lowest BCUT2D eigenvalue weighted by Gasteiger charge is -2.32. The highest BCUT2D eigenvalue weighted by Gasteiger charge is 2.27. The van der Waals surface area contributed by atoms with Gasteiger partial charge in [0.05, 0.1) is 12.5 Å². The maximum atomic E-state index is 12.0. The Morgan fingerprint density at radius 2 is 2.09 bits per heavy atom. The van der Waals surface area contributed by atoms with Gasteiger partial charge >= 0.3 is 12.0 Å². The number of ether oxygens (including phenoxy) is 1. The molecule has 1 saturated heterocycles. The Morgan fingerprint density at radius 3 is 2.78 bits per heavy atom. The van der Waals surface area contributed by atoms with E-state index in [0.29, 0.717) is 6.54 Å². The zero-order chi connectivity index (χ0) is 16.7. The quantitative estimate of drug-likeness (QED) is 0.843. The van der Waals surface area contributed by atoms with Crippen molar-refractivity contribution in [1.29, 1.82) is 0 Å². The number of carboxylic acids is 1. The van der Waals surface area contributed by atoms with Crippen LogP contribution in [0.4, 0.5) is 4.79 Å². The van der Waals surface area contributed by atoms with E-state index >= 15 is 0 Å². The molecule has 1 aliphatic heterocycles. The molecule has 1 aromatic carbocycles. The monoisotopic (exact) mass is 320 g/mol. The molecule has 6 nitrogen and oxygen atoms in total. The van der Waals surface area contributed by atoms with E-state index in [2.05, 4.69) is 5.32 Å². The predicted octanol–water partition coefficient (Wildman–Crippen LogP) is 2.27. The van der Waals surface area contributed by atoms with Crippen molar-refractivity contribution in [3.63, 3.8) is 0 Å². The van der Waals surface area contributed by atoms with Crippen molar-refractivity contribution in [1.82, 2.24) is 10.2 Å². The first-order valence-corrected chi connectivity index (χ1v) is 7.95. The van der Waals surface area contributed by atoms with E-state index in [0.717, 1.165) is 25.0 Å². The number of hydrogen-bond donors (Lipinski definition) is 2. The number of hydrogen-bond acceptors (Lipinski definition) is 3. The SMILES string of the molecule is CN(CCC(=O)O)C(=O)NCC1CCCOC1c1ccccc1. The van der Waals surface area contributed by atoms with Gasteiger partial charge in [-0.25, -0.2) is 4.79 Å². The zero-order valence-corrected chi connectivity index (χ0v) is 13.4. The van der Waals surface area contributed by atoms with Crippen LogP contribution in [0.25, 0.3) is 0 Å². The van der Waals surface area contributed by atoms with Crippen LogP contribution in [0.3, 0.4) is 0 Å². The van der Waals surface area contributed by atoms with Gasteiger partial charge in [0.2, 0.25) is 0 Å². The third-order valence-electron chi connectivity index (χ3n) is 4.10. The highest BCUT2D eigenvalue weighted by atomic mass is 16.5. The summed E-state index contributed by atoms with van der Waals surface area (Å²) in [4.78, 5) is 24.0. The minimum absolute atomic E-state index is 0.00502. The van der Waals surface area contributed by atoms with Crippen LogP contribution in [-0.2, 0) is 9.53 Å². The molecule has 2 rings (SSSR count). The van der Waals surface area contributed by atoms with Gasteiger partial charge in [-0.15, -0.1) is 0 Å². The minimum atomic E-state index is -0.908. The van der Waals surface area contributed by atoms with Crippen LogP contribution in [0.5, 0.6) is 0 Å². The summed E-state index contributed by atoms with van der Waals surface area (Å²) in [7, 11) is 1.60. The Bertz CT molecular complexity index is 521. The summed E-state index contributed by atoms with van der Waals surface area (Å²) in [5.74, 6) is -0.683. The van der Waals surface area contributed by atoms with Crippen LogP contribution in [0.1, 0.15) is 30.9 Å². The normalized spacial score (nSPS) is 20.7. The summed E-state index contributed by atoms with van der Waals surface area (Å²) >= 11 is 0. The van der Waals surface area contributed by atoms with Crippen LogP contribution in [0, 0.1) is 5.92 Å². The second-order valence-electron chi connectivity index (χ2n) is 5.86. The fourth-order valence-electron chi connectivity index (χ4n) is 2.78. The van der Waals surface area contributed by atoms with E-state index in [1.54, 1.807) is 7.05 Å². The molecule has 0 bridgehead atoms. The number of nitrogens with zero attached hydrogens (tertiary/aromatic N) is 1. The summed E-state index contributed by atoms with van der Waals surface area (Å²) < 4.78 is 5.91. The molecule has 0 aromatic heterocycles. The van der Waals surface area contributed by atoms with Gasteiger partial charge in [-0.2, -0.15) is 0 Å². The van der Waals surface area contributed by atoms with E-state index in [9.17, 15) is 9.59 Å². The van der Waals surface area contributed by atoms with E-state index < -0.39 is 5.97 Å². The third-order valence-corrected chi connectivity index (χ3v) is 4.10. The van der Waals surface area contributed by atoms with Gasteiger partial charge in [-0.3, -0.25) is 4.79 Å². The maximum Gasteiger partial charge on any atom is 0.317 e. The van der Waals surface area contributed by atoms with Gasteiger partial charge in [-0.05, 0) is 18.4 Å². The van der Waals surface area contributed by atoms with Crippen molar-refractivity contribution in [3.05, 3.63) is 35.9 Å². The number of nitrogens with one attached hydrogen (secondary N) is 1. The smallest absolute Gasteiger partial charge is 0.317 e. The largest absolute Gasteiger partial charge is 0.481 e. The molecule has 0 aliphatic carbocycles. The Hall–Kier alpha value is -2.08. The van der Waals surface area contributed by atoms with Crippen LogP contribution in [0.15, 0.2) is 30.3 Å². The highest BCUT2D eigenvalue weighted by Crippen LogP contribution is 2.33. The predicted molar refractivity (Wildman–Crippen MR) is 86.1 cm³/mol. The number of urea groups is 1. The van der Waals surface area contributed by atoms with Gasteiger partial charge < -0.3 is 20.1 Å². The molecule has 1 heterocycles. The van der Waals surface area contributed by atoms with Crippen LogP contribution >= 0.6 is 0 Å². The number of benzene rings is 1. The molecule has 126 valence electrons. The highest BCUT2D eigenvalue weighted by molar-refractivity contribution is 5.75. The summed E-state index contributed by atoms with van der Waals surface area (Å²) in [6.45, 7) is 1.46. The number of aliphatic carboxylic acids is 1. The van der Waals surface area contributed by atoms with E-state index in [1.807, 2.05) is 30.3 Å².